The Kier molecular flexibility index (Phi) is 6.45. The highest BCUT2D eigenvalue weighted by molar-refractivity contribution is 5.99. The Balaban J connectivity index is 1.41. The number of hydrogen-bond donors (Lipinski definition) is 2. The number of aromatic amines is 1. The predicted molar refractivity (Wildman–Crippen MR) is 123 cm³/mol. The molecule has 0 aliphatic carbocycles. The van der Waals surface area contributed by atoms with Gasteiger partial charge >= 0.3 is 5.97 Å². The fraction of sp³-hybridized carbons (Fsp3) is 0.120. The molecule has 0 spiro atoms. The van der Waals surface area contributed by atoms with Gasteiger partial charge in [-0.05, 0) is 36.4 Å². The maximum Gasteiger partial charge on any atom is 0.355 e. The molecule has 0 radical (unpaired) electrons. The smallest absolute Gasteiger partial charge is 0.355 e. The fourth-order valence-electron chi connectivity index (χ4n) is 3.24. The number of rotatable bonds is 8. The summed E-state index contributed by atoms with van der Waals surface area (Å²) in [6.07, 6.45) is 0. The van der Waals surface area contributed by atoms with Crippen LogP contribution < -0.4 is 19.5 Å². The summed E-state index contributed by atoms with van der Waals surface area (Å²) in [5.74, 6) is 1.06. The Morgan fingerprint density at radius 3 is 2.36 bits per heavy atom. The molecule has 0 aliphatic heterocycles. The number of carbonyl (C=O) groups excluding carboxylic acids is 2. The van der Waals surface area contributed by atoms with Gasteiger partial charge in [0.1, 0.15) is 22.9 Å². The van der Waals surface area contributed by atoms with E-state index in [1.807, 2.05) is 30.3 Å². The first-order chi connectivity index (χ1) is 16.1. The van der Waals surface area contributed by atoms with Crippen LogP contribution in [0.15, 0.2) is 72.8 Å². The average molecular weight is 446 g/mol. The summed E-state index contributed by atoms with van der Waals surface area (Å²) in [6, 6.07) is 21.3. The van der Waals surface area contributed by atoms with Crippen molar-refractivity contribution >= 4 is 28.5 Å². The number of amides is 1. The van der Waals surface area contributed by atoms with Gasteiger partial charge in [0, 0.05) is 11.5 Å². The maximum absolute atomic E-state index is 12.5. The standard InChI is InChI=1S/C25H22N2O6/c1-30-18-12-16-13-20(27-24(16)22(14-18)31-2)25(29)32-15-23(28)26-19-10-6-7-11-21(19)33-17-8-4-3-5-9-17/h3-14,27H,15H2,1-2H3,(H,26,28). The Morgan fingerprint density at radius 2 is 1.61 bits per heavy atom. The first-order valence-corrected chi connectivity index (χ1v) is 10.1. The number of carbonyl (C=O) groups is 2. The molecule has 168 valence electrons. The van der Waals surface area contributed by atoms with Gasteiger partial charge in [-0.15, -0.1) is 0 Å². The molecule has 0 saturated heterocycles. The predicted octanol–water partition coefficient (Wildman–Crippen LogP) is 4.77. The van der Waals surface area contributed by atoms with Crippen molar-refractivity contribution in [3.05, 3.63) is 78.5 Å². The average Bonchev–Trinajstić information content (AvgIpc) is 3.28. The first-order valence-electron chi connectivity index (χ1n) is 10.1. The second-order valence-electron chi connectivity index (χ2n) is 7.01. The molecule has 0 fully saturated rings. The number of H-pyrrole nitrogens is 1. The third-order valence-corrected chi connectivity index (χ3v) is 4.81. The van der Waals surface area contributed by atoms with Crippen molar-refractivity contribution in [2.75, 3.05) is 26.1 Å². The largest absolute Gasteiger partial charge is 0.497 e. The van der Waals surface area contributed by atoms with E-state index in [0.717, 1.165) is 5.39 Å². The monoisotopic (exact) mass is 446 g/mol. The second-order valence-corrected chi connectivity index (χ2v) is 7.01. The molecule has 33 heavy (non-hydrogen) atoms. The maximum atomic E-state index is 12.5. The van der Waals surface area contributed by atoms with Gasteiger partial charge in [-0.1, -0.05) is 30.3 Å². The lowest BCUT2D eigenvalue weighted by Gasteiger charge is -2.12. The van der Waals surface area contributed by atoms with E-state index in [-0.39, 0.29) is 5.69 Å². The van der Waals surface area contributed by atoms with Crippen LogP contribution in [0.2, 0.25) is 0 Å². The van der Waals surface area contributed by atoms with E-state index in [1.165, 1.54) is 7.11 Å². The van der Waals surface area contributed by atoms with E-state index >= 15 is 0 Å². The van der Waals surface area contributed by atoms with Crippen LogP contribution in [0.5, 0.6) is 23.0 Å². The van der Waals surface area contributed by atoms with E-state index in [2.05, 4.69) is 10.3 Å². The molecule has 0 bridgehead atoms. The summed E-state index contributed by atoms with van der Waals surface area (Å²) in [4.78, 5) is 27.9. The van der Waals surface area contributed by atoms with Crippen LogP contribution in [0.4, 0.5) is 5.69 Å². The number of nitrogens with one attached hydrogen (secondary N) is 2. The minimum Gasteiger partial charge on any atom is -0.497 e. The third kappa shape index (κ3) is 5.07. The molecule has 0 aliphatic rings. The number of aromatic nitrogens is 1. The molecule has 1 amide bonds. The number of esters is 1. The Morgan fingerprint density at radius 1 is 0.848 bits per heavy atom. The number of hydrogen-bond acceptors (Lipinski definition) is 6. The summed E-state index contributed by atoms with van der Waals surface area (Å²) in [5, 5.41) is 3.43. The van der Waals surface area contributed by atoms with Crippen LogP contribution >= 0.6 is 0 Å². The fourth-order valence-corrected chi connectivity index (χ4v) is 3.24. The van der Waals surface area contributed by atoms with Crippen LogP contribution in [0.25, 0.3) is 10.9 Å². The molecule has 1 heterocycles. The van der Waals surface area contributed by atoms with E-state index in [0.29, 0.717) is 34.2 Å². The molecule has 2 N–H and O–H groups in total. The van der Waals surface area contributed by atoms with Crippen molar-refractivity contribution in [2.45, 2.75) is 0 Å². The third-order valence-electron chi connectivity index (χ3n) is 4.81. The van der Waals surface area contributed by atoms with Gasteiger partial charge in [-0.25, -0.2) is 4.79 Å². The zero-order valence-electron chi connectivity index (χ0n) is 18.1. The zero-order valence-corrected chi connectivity index (χ0v) is 18.1. The van der Waals surface area contributed by atoms with E-state index in [4.69, 9.17) is 18.9 Å². The van der Waals surface area contributed by atoms with Gasteiger partial charge in [0.05, 0.1) is 25.4 Å². The van der Waals surface area contributed by atoms with Gasteiger partial charge in [0.25, 0.3) is 5.91 Å². The summed E-state index contributed by atoms with van der Waals surface area (Å²) in [7, 11) is 3.07. The highest BCUT2D eigenvalue weighted by Gasteiger charge is 2.17. The normalized spacial score (nSPS) is 10.5. The molecule has 0 saturated carbocycles. The van der Waals surface area contributed by atoms with Crippen molar-refractivity contribution in [3.63, 3.8) is 0 Å². The van der Waals surface area contributed by atoms with Crippen molar-refractivity contribution in [2.24, 2.45) is 0 Å². The summed E-state index contributed by atoms with van der Waals surface area (Å²) in [6.45, 7) is -0.464. The summed E-state index contributed by atoms with van der Waals surface area (Å²) in [5.41, 5.74) is 1.28. The first kappa shape index (κ1) is 21.8. The molecule has 8 nitrogen and oxygen atoms in total. The minimum atomic E-state index is -0.670. The van der Waals surface area contributed by atoms with Crippen LogP contribution in [-0.4, -0.2) is 37.7 Å². The molecule has 8 heteroatoms. The van der Waals surface area contributed by atoms with Crippen molar-refractivity contribution < 1.29 is 28.5 Å². The molecular weight excluding hydrogens is 424 g/mol. The summed E-state index contributed by atoms with van der Waals surface area (Å²) < 4.78 is 21.6. The highest BCUT2D eigenvalue weighted by atomic mass is 16.5. The van der Waals surface area contributed by atoms with Crippen molar-refractivity contribution in [1.29, 1.82) is 0 Å². The lowest BCUT2D eigenvalue weighted by molar-refractivity contribution is -0.119. The van der Waals surface area contributed by atoms with Crippen LogP contribution in [0, 0.1) is 0 Å². The van der Waals surface area contributed by atoms with E-state index in [9.17, 15) is 9.59 Å². The molecule has 0 unspecified atom stereocenters. The molecule has 4 rings (SSSR count). The Bertz CT molecular complexity index is 1280. The second kappa shape index (κ2) is 9.78. The van der Waals surface area contributed by atoms with Crippen LogP contribution in [0.3, 0.4) is 0 Å². The lowest BCUT2D eigenvalue weighted by atomic mass is 10.2. The molecule has 1 aromatic heterocycles. The van der Waals surface area contributed by atoms with Gasteiger partial charge in [-0.2, -0.15) is 0 Å². The number of fused-ring (bicyclic) bond motifs is 1. The van der Waals surface area contributed by atoms with Gasteiger partial charge < -0.3 is 29.2 Å². The SMILES string of the molecule is COc1cc(OC)c2[nH]c(C(=O)OCC(=O)Nc3ccccc3Oc3ccccc3)cc2c1. The van der Waals surface area contributed by atoms with Gasteiger partial charge in [-0.3, -0.25) is 4.79 Å². The summed E-state index contributed by atoms with van der Waals surface area (Å²) >= 11 is 0. The zero-order chi connectivity index (χ0) is 23.2. The quantitative estimate of drug-likeness (QED) is 0.378. The van der Waals surface area contributed by atoms with Gasteiger partial charge in [0.2, 0.25) is 0 Å². The van der Waals surface area contributed by atoms with Crippen LogP contribution in [-0.2, 0) is 9.53 Å². The number of para-hydroxylation sites is 3. The molecule has 3 aromatic carbocycles. The van der Waals surface area contributed by atoms with Crippen molar-refractivity contribution in [3.8, 4) is 23.0 Å². The Hall–Kier alpha value is -4.46. The Labute approximate surface area is 190 Å². The number of methoxy groups -OCH3 is 2. The minimum absolute atomic E-state index is 0.192. The highest BCUT2D eigenvalue weighted by Crippen LogP contribution is 2.31. The number of ether oxygens (including phenoxy) is 4. The molecular formula is C25H22N2O6. The topological polar surface area (TPSA) is 98.9 Å². The molecule has 0 atom stereocenters. The number of benzene rings is 3. The lowest BCUT2D eigenvalue weighted by Crippen LogP contribution is -2.21. The van der Waals surface area contributed by atoms with E-state index in [1.54, 1.807) is 49.6 Å². The van der Waals surface area contributed by atoms with E-state index < -0.39 is 18.5 Å². The molecule has 4 aromatic rings. The number of anilines is 1. The van der Waals surface area contributed by atoms with Crippen LogP contribution in [0.1, 0.15) is 10.5 Å². The van der Waals surface area contributed by atoms with Crippen molar-refractivity contribution in [1.82, 2.24) is 4.98 Å². The van der Waals surface area contributed by atoms with Gasteiger partial charge in [0.15, 0.2) is 12.4 Å².